The molecule has 0 aliphatic carbocycles. The number of rotatable bonds is 3. The fraction of sp³-hybridized carbons (Fsp3) is 0.462. The van der Waals surface area contributed by atoms with E-state index in [1.165, 1.54) is 0 Å². The van der Waals surface area contributed by atoms with Gasteiger partial charge in [-0.3, -0.25) is 9.13 Å². The van der Waals surface area contributed by atoms with Crippen molar-refractivity contribution >= 4 is 22.6 Å². The van der Waals surface area contributed by atoms with Crippen LogP contribution in [-0.2, 0) is 14.1 Å². The number of imidazole rings is 1. The van der Waals surface area contributed by atoms with Gasteiger partial charge in [0.05, 0.1) is 17.1 Å². The van der Waals surface area contributed by atoms with Crippen molar-refractivity contribution in [3.8, 4) is 0 Å². The van der Waals surface area contributed by atoms with Crippen molar-refractivity contribution in [2.24, 2.45) is 14.1 Å². The lowest BCUT2D eigenvalue weighted by Crippen LogP contribution is -2.19. The second-order valence-corrected chi connectivity index (χ2v) is 4.97. The third-order valence-corrected chi connectivity index (χ3v) is 3.64. The van der Waals surface area contributed by atoms with E-state index in [0.29, 0.717) is 17.0 Å². The molecular formula is C13H17ClN2O2. The Bertz CT molecular complexity index is 642. The van der Waals surface area contributed by atoms with Crippen LogP contribution in [0.15, 0.2) is 16.9 Å². The zero-order valence-electron chi connectivity index (χ0n) is 10.8. The maximum absolute atomic E-state index is 11.8. The van der Waals surface area contributed by atoms with Crippen LogP contribution < -0.4 is 5.69 Å². The molecule has 1 N–H and O–H groups in total. The number of halogens is 1. The van der Waals surface area contributed by atoms with Crippen molar-refractivity contribution in [1.82, 2.24) is 9.13 Å². The Morgan fingerprint density at radius 1 is 1.28 bits per heavy atom. The van der Waals surface area contributed by atoms with E-state index in [1.807, 2.05) is 6.92 Å². The number of fused-ring (bicyclic) bond motifs is 1. The quantitative estimate of drug-likeness (QED) is 0.929. The normalized spacial score (nSPS) is 13.2. The highest BCUT2D eigenvalue weighted by Gasteiger charge is 2.15. The smallest absolute Gasteiger partial charge is 0.328 e. The van der Waals surface area contributed by atoms with Crippen LogP contribution in [0.4, 0.5) is 0 Å². The van der Waals surface area contributed by atoms with Crippen LogP contribution in [0, 0.1) is 0 Å². The highest BCUT2D eigenvalue weighted by molar-refractivity contribution is 6.32. The molecule has 1 atom stereocenters. The van der Waals surface area contributed by atoms with Gasteiger partial charge in [0.1, 0.15) is 0 Å². The minimum atomic E-state index is -0.581. The van der Waals surface area contributed by atoms with Crippen LogP contribution >= 0.6 is 11.6 Å². The van der Waals surface area contributed by atoms with Crippen molar-refractivity contribution < 1.29 is 5.11 Å². The second-order valence-electron chi connectivity index (χ2n) is 4.57. The van der Waals surface area contributed by atoms with E-state index < -0.39 is 6.10 Å². The van der Waals surface area contributed by atoms with Crippen LogP contribution in [0.25, 0.3) is 11.0 Å². The molecular weight excluding hydrogens is 252 g/mol. The number of aliphatic hydroxyl groups excluding tert-OH is 1. The predicted octanol–water partition coefficient (Wildman–Crippen LogP) is 2.36. The zero-order valence-corrected chi connectivity index (χ0v) is 11.5. The Morgan fingerprint density at radius 2 is 1.83 bits per heavy atom. The lowest BCUT2D eigenvalue weighted by Gasteiger charge is -2.12. The first kappa shape index (κ1) is 13.2. The van der Waals surface area contributed by atoms with E-state index >= 15 is 0 Å². The SMILES string of the molecule is CCCC(O)c1cc2c(cc1Cl)n(C)c(=O)n2C. The third kappa shape index (κ3) is 1.95. The van der Waals surface area contributed by atoms with Crippen molar-refractivity contribution in [2.45, 2.75) is 25.9 Å². The number of hydrogen-bond donors (Lipinski definition) is 1. The van der Waals surface area contributed by atoms with Gasteiger partial charge in [-0.2, -0.15) is 0 Å². The molecule has 98 valence electrons. The molecule has 0 amide bonds. The Labute approximate surface area is 110 Å². The minimum absolute atomic E-state index is 0.0943. The highest BCUT2D eigenvalue weighted by Crippen LogP contribution is 2.30. The summed E-state index contributed by atoms with van der Waals surface area (Å²) in [5.74, 6) is 0. The molecule has 0 radical (unpaired) electrons. The summed E-state index contributed by atoms with van der Waals surface area (Å²) in [7, 11) is 3.43. The highest BCUT2D eigenvalue weighted by atomic mass is 35.5. The lowest BCUT2D eigenvalue weighted by molar-refractivity contribution is 0.166. The number of aromatic nitrogens is 2. The molecule has 0 fully saturated rings. The Kier molecular flexibility index (Phi) is 3.50. The number of benzene rings is 1. The fourth-order valence-corrected chi connectivity index (χ4v) is 2.50. The minimum Gasteiger partial charge on any atom is -0.388 e. The number of hydrogen-bond acceptors (Lipinski definition) is 2. The maximum Gasteiger partial charge on any atom is 0.328 e. The number of nitrogens with zero attached hydrogens (tertiary/aromatic N) is 2. The zero-order chi connectivity index (χ0) is 13.4. The monoisotopic (exact) mass is 268 g/mol. The number of aryl methyl sites for hydroxylation is 2. The van der Waals surface area contributed by atoms with E-state index in [1.54, 1.807) is 35.4 Å². The topological polar surface area (TPSA) is 47.2 Å². The summed E-state index contributed by atoms with van der Waals surface area (Å²) in [5.41, 5.74) is 2.16. The van der Waals surface area contributed by atoms with Gasteiger partial charge in [-0.25, -0.2) is 4.79 Å². The molecule has 1 aromatic heterocycles. The number of aliphatic hydroxyl groups is 1. The van der Waals surface area contributed by atoms with Gasteiger partial charge in [-0.1, -0.05) is 24.9 Å². The molecule has 4 nitrogen and oxygen atoms in total. The molecule has 0 saturated carbocycles. The summed E-state index contributed by atoms with van der Waals surface area (Å²) in [6, 6.07) is 3.55. The predicted molar refractivity (Wildman–Crippen MR) is 73.0 cm³/mol. The molecule has 1 aromatic carbocycles. The molecule has 0 spiro atoms. The van der Waals surface area contributed by atoms with Crippen molar-refractivity contribution in [3.63, 3.8) is 0 Å². The molecule has 0 saturated heterocycles. The third-order valence-electron chi connectivity index (χ3n) is 3.31. The first-order valence-corrected chi connectivity index (χ1v) is 6.38. The molecule has 2 rings (SSSR count). The summed E-state index contributed by atoms with van der Waals surface area (Å²) in [5, 5.41) is 10.6. The van der Waals surface area contributed by atoms with E-state index in [2.05, 4.69) is 0 Å². The van der Waals surface area contributed by atoms with Crippen LogP contribution in [0.5, 0.6) is 0 Å². The Hall–Kier alpha value is -1.26. The molecule has 2 aromatic rings. The van der Waals surface area contributed by atoms with Gasteiger partial charge in [0, 0.05) is 24.7 Å². The fourth-order valence-electron chi connectivity index (χ4n) is 2.22. The van der Waals surface area contributed by atoms with E-state index in [4.69, 9.17) is 11.6 Å². The van der Waals surface area contributed by atoms with E-state index in [0.717, 1.165) is 17.5 Å². The standard InChI is InChI=1S/C13H17ClN2O2/c1-4-5-12(17)8-6-10-11(7-9(8)14)16(3)13(18)15(10)2/h6-7,12,17H,4-5H2,1-3H3. The first-order valence-electron chi connectivity index (χ1n) is 6.00. The van der Waals surface area contributed by atoms with Gasteiger partial charge in [0.2, 0.25) is 0 Å². The maximum atomic E-state index is 11.8. The molecule has 0 bridgehead atoms. The van der Waals surface area contributed by atoms with E-state index in [-0.39, 0.29) is 5.69 Å². The van der Waals surface area contributed by atoms with Gasteiger partial charge in [0.25, 0.3) is 0 Å². The summed E-state index contributed by atoms with van der Waals surface area (Å²) in [4.78, 5) is 11.8. The van der Waals surface area contributed by atoms with Crippen molar-refractivity contribution in [1.29, 1.82) is 0 Å². The Morgan fingerprint density at radius 3 is 2.39 bits per heavy atom. The molecule has 0 aliphatic rings. The van der Waals surface area contributed by atoms with Crippen LogP contribution in [0.1, 0.15) is 31.4 Å². The summed E-state index contributed by atoms with van der Waals surface area (Å²) >= 11 is 6.18. The second kappa shape index (κ2) is 4.78. The molecule has 0 aliphatic heterocycles. The van der Waals surface area contributed by atoms with Crippen molar-refractivity contribution in [3.05, 3.63) is 33.2 Å². The lowest BCUT2D eigenvalue weighted by atomic mass is 10.0. The average molecular weight is 269 g/mol. The average Bonchev–Trinajstić information content (AvgIpc) is 2.54. The molecule has 1 heterocycles. The van der Waals surface area contributed by atoms with Crippen LogP contribution in [0.3, 0.4) is 0 Å². The molecule has 5 heteroatoms. The van der Waals surface area contributed by atoms with Gasteiger partial charge in [0.15, 0.2) is 0 Å². The summed E-state index contributed by atoms with van der Waals surface area (Å²) < 4.78 is 3.12. The summed E-state index contributed by atoms with van der Waals surface area (Å²) in [6.07, 6.45) is 0.956. The van der Waals surface area contributed by atoms with Gasteiger partial charge in [-0.05, 0) is 18.6 Å². The van der Waals surface area contributed by atoms with Crippen molar-refractivity contribution in [2.75, 3.05) is 0 Å². The first-order chi connectivity index (χ1) is 8.47. The van der Waals surface area contributed by atoms with Crippen LogP contribution in [-0.4, -0.2) is 14.2 Å². The van der Waals surface area contributed by atoms with Gasteiger partial charge >= 0.3 is 5.69 Å². The van der Waals surface area contributed by atoms with Crippen LogP contribution in [0.2, 0.25) is 5.02 Å². The molecule has 18 heavy (non-hydrogen) atoms. The largest absolute Gasteiger partial charge is 0.388 e. The van der Waals surface area contributed by atoms with Gasteiger partial charge < -0.3 is 5.11 Å². The Balaban J connectivity index is 2.68. The molecule has 1 unspecified atom stereocenters. The van der Waals surface area contributed by atoms with E-state index in [9.17, 15) is 9.90 Å². The van der Waals surface area contributed by atoms with Gasteiger partial charge in [-0.15, -0.1) is 0 Å². The summed E-state index contributed by atoms with van der Waals surface area (Å²) in [6.45, 7) is 2.01.